The van der Waals surface area contributed by atoms with E-state index >= 15 is 0 Å². The van der Waals surface area contributed by atoms with Crippen LogP contribution < -0.4 is 0 Å². The van der Waals surface area contributed by atoms with Crippen LogP contribution in [0, 0.1) is 24.7 Å². The van der Waals surface area contributed by atoms with Gasteiger partial charge >= 0.3 is 0 Å². The molecule has 0 aromatic heterocycles. The zero-order chi connectivity index (χ0) is 16.5. The molecule has 21 heavy (non-hydrogen) atoms. The minimum absolute atomic E-state index is 0.0569. The topological polar surface area (TPSA) is 9.23 Å². The average molecular weight is 323 g/mol. The number of rotatable bonds is 10. The highest BCUT2D eigenvalue weighted by molar-refractivity contribution is 6.80. The summed E-state index contributed by atoms with van der Waals surface area (Å²) in [5, 5.41) is 0. The second-order valence-electron chi connectivity index (χ2n) is 7.41. The van der Waals surface area contributed by atoms with Gasteiger partial charge in [-0.2, -0.15) is 0 Å². The summed E-state index contributed by atoms with van der Waals surface area (Å²) in [6, 6.07) is 2.43. The zero-order valence-corrected chi connectivity index (χ0v) is 17.0. The van der Waals surface area contributed by atoms with E-state index in [1.807, 2.05) is 0 Å². The van der Waals surface area contributed by atoms with Crippen LogP contribution in [0.1, 0.15) is 39.5 Å². The summed E-state index contributed by atoms with van der Waals surface area (Å²) in [6.07, 6.45) is 16.5. The third-order valence-electron chi connectivity index (χ3n) is 4.34. The van der Waals surface area contributed by atoms with Gasteiger partial charge in [0.15, 0.2) is 0 Å². The molecule has 0 radical (unpaired) electrons. The van der Waals surface area contributed by atoms with E-state index in [-0.39, 0.29) is 11.5 Å². The maximum absolute atomic E-state index is 6.32. The first kappa shape index (κ1) is 20.5. The van der Waals surface area contributed by atoms with Gasteiger partial charge in [0, 0.05) is 0 Å². The highest BCUT2D eigenvalue weighted by Crippen LogP contribution is 2.26. The number of terminal acetylenes is 2. The van der Waals surface area contributed by atoms with Crippen molar-refractivity contribution in [3.8, 4) is 24.7 Å². The third-order valence-corrected chi connectivity index (χ3v) is 11.1. The van der Waals surface area contributed by atoms with E-state index in [1.165, 1.54) is 37.8 Å². The van der Waals surface area contributed by atoms with Crippen molar-refractivity contribution in [1.82, 2.24) is 0 Å². The molecule has 0 saturated heterocycles. The zero-order valence-electron chi connectivity index (χ0n) is 15.0. The Morgan fingerprint density at radius 3 is 1.38 bits per heavy atom. The molecule has 0 rings (SSSR count). The first-order valence-corrected chi connectivity index (χ1v) is 14.9. The Labute approximate surface area is 135 Å². The first-order valence-electron chi connectivity index (χ1n) is 8.32. The fraction of sp³-hybridized carbons (Fsp3) is 0.778. The molecule has 0 saturated carbocycles. The number of ether oxygens (including phenoxy) is 1. The molecule has 0 aliphatic carbocycles. The van der Waals surface area contributed by atoms with Crippen molar-refractivity contribution in [2.45, 2.75) is 89.3 Å². The van der Waals surface area contributed by atoms with E-state index in [0.717, 1.165) is 0 Å². The molecule has 0 amide bonds. The van der Waals surface area contributed by atoms with Crippen molar-refractivity contribution in [2.75, 3.05) is 0 Å². The lowest BCUT2D eigenvalue weighted by Crippen LogP contribution is -2.50. The average Bonchev–Trinajstić information content (AvgIpc) is 2.43. The van der Waals surface area contributed by atoms with Crippen LogP contribution in [0.5, 0.6) is 0 Å². The number of unbranched alkanes of at least 4 members (excludes halogenated alkanes) is 2. The molecule has 0 aromatic rings. The van der Waals surface area contributed by atoms with Gasteiger partial charge in [-0.3, -0.25) is 0 Å². The van der Waals surface area contributed by atoms with E-state index in [4.69, 9.17) is 17.6 Å². The lowest BCUT2D eigenvalue weighted by atomic mass is 10.4. The Balaban J connectivity index is 4.93. The Hall–Kier alpha value is -0.486. The molecule has 0 fully saturated rings. The second-order valence-corrected chi connectivity index (χ2v) is 17.4. The summed E-state index contributed by atoms with van der Waals surface area (Å²) in [5.74, 6) is 5.82. The van der Waals surface area contributed by atoms with Crippen molar-refractivity contribution < 1.29 is 4.74 Å². The minimum Gasteiger partial charge on any atom is -0.357 e. The largest absolute Gasteiger partial charge is 0.357 e. The van der Waals surface area contributed by atoms with Crippen LogP contribution in [-0.2, 0) is 4.74 Å². The molecule has 0 aromatic carbocycles. The van der Waals surface area contributed by atoms with Gasteiger partial charge in [-0.05, 0) is 0 Å². The molecule has 1 nitrogen and oxygen atoms in total. The molecule has 0 bridgehead atoms. The SMILES string of the molecule is C#CC(OC(C#C)[Si](C)(C)CCCC)[Si](C)(C)CCCC. The van der Waals surface area contributed by atoms with Gasteiger partial charge < -0.3 is 4.74 Å². The molecule has 0 N–H and O–H groups in total. The van der Waals surface area contributed by atoms with Crippen LogP contribution in [0.3, 0.4) is 0 Å². The predicted octanol–water partition coefficient (Wildman–Crippen LogP) is 5.10. The molecule has 0 spiro atoms. The van der Waals surface area contributed by atoms with Crippen molar-refractivity contribution in [1.29, 1.82) is 0 Å². The molecule has 3 heteroatoms. The smallest absolute Gasteiger partial charge is 0.107 e. The molecule has 0 aliphatic rings. The van der Waals surface area contributed by atoms with Gasteiger partial charge in [0.05, 0.1) is 16.1 Å². The molecular weight excluding hydrogens is 288 g/mol. The summed E-state index contributed by atoms with van der Waals surface area (Å²) in [7, 11) is -3.15. The highest BCUT2D eigenvalue weighted by Gasteiger charge is 2.38. The lowest BCUT2D eigenvalue weighted by Gasteiger charge is -2.36. The van der Waals surface area contributed by atoms with Crippen LogP contribution in [0.25, 0.3) is 0 Å². The van der Waals surface area contributed by atoms with Gasteiger partial charge in [0.25, 0.3) is 0 Å². The van der Waals surface area contributed by atoms with Crippen LogP contribution in [0.2, 0.25) is 38.3 Å². The highest BCUT2D eigenvalue weighted by atomic mass is 28.3. The Morgan fingerprint density at radius 1 is 0.810 bits per heavy atom. The minimum atomic E-state index is -1.57. The summed E-state index contributed by atoms with van der Waals surface area (Å²) in [4.78, 5) is 0. The maximum Gasteiger partial charge on any atom is 0.107 e. The van der Waals surface area contributed by atoms with Crippen LogP contribution in [0.4, 0.5) is 0 Å². The van der Waals surface area contributed by atoms with E-state index < -0.39 is 16.1 Å². The second kappa shape index (κ2) is 9.51. The monoisotopic (exact) mass is 322 g/mol. The molecular formula is C18H34OSi2. The summed E-state index contributed by atoms with van der Waals surface area (Å²) in [5.41, 5.74) is -0.114. The normalized spacial score (nSPS) is 15.0. The summed E-state index contributed by atoms with van der Waals surface area (Å²) >= 11 is 0. The standard InChI is InChI=1S/C18H34OSi2/c1-9-13-15-20(5,6)17(11-3)19-18(12-4)21(7,8)16-14-10-2/h3-4,17-18H,9-10,13-16H2,1-2,5-8H3. The first-order chi connectivity index (χ1) is 9.75. The predicted molar refractivity (Wildman–Crippen MR) is 101 cm³/mol. The molecule has 0 heterocycles. The van der Waals surface area contributed by atoms with Crippen LogP contribution in [-0.4, -0.2) is 27.6 Å². The van der Waals surface area contributed by atoms with Crippen molar-refractivity contribution in [3.05, 3.63) is 0 Å². The fourth-order valence-electron chi connectivity index (χ4n) is 2.56. The quantitative estimate of drug-likeness (QED) is 0.401. The Kier molecular flexibility index (Phi) is 9.29. The third kappa shape index (κ3) is 6.87. The lowest BCUT2D eigenvalue weighted by molar-refractivity contribution is 0.132. The summed E-state index contributed by atoms with van der Waals surface area (Å²) in [6.45, 7) is 13.8. The van der Waals surface area contributed by atoms with E-state index in [0.29, 0.717) is 0 Å². The molecule has 2 unspecified atom stereocenters. The molecule has 2 atom stereocenters. The van der Waals surface area contributed by atoms with E-state index in [2.05, 4.69) is 51.9 Å². The fourth-order valence-corrected chi connectivity index (χ4v) is 7.66. The van der Waals surface area contributed by atoms with Crippen molar-refractivity contribution in [2.24, 2.45) is 0 Å². The van der Waals surface area contributed by atoms with Gasteiger partial charge in [-0.25, -0.2) is 0 Å². The van der Waals surface area contributed by atoms with E-state index in [9.17, 15) is 0 Å². The number of hydrogen-bond acceptors (Lipinski definition) is 1. The number of hydrogen-bond donors (Lipinski definition) is 0. The van der Waals surface area contributed by atoms with Crippen molar-refractivity contribution >= 4 is 16.1 Å². The van der Waals surface area contributed by atoms with Crippen molar-refractivity contribution in [3.63, 3.8) is 0 Å². The summed E-state index contributed by atoms with van der Waals surface area (Å²) < 4.78 is 6.32. The van der Waals surface area contributed by atoms with Crippen LogP contribution in [0.15, 0.2) is 0 Å². The van der Waals surface area contributed by atoms with Gasteiger partial charge in [0.2, 0.25) is 0 Å². The van der Waals surface area contributed by atoms with Crippen LogP contribution >= 0.6 is 0 Å². The van der Waals surface area contributed by atoms with Gasteiger partial charge in [-0.1, -0.05) is 89.6 Å². The van der Waals surface area contributed by atoms with Gasteiger partial charge in [0.1, 0.15) is 11.5 Å². The van der Waals surface area contributed by atoms with E-state index in [1.54, 1.807) is 0 Å². The maximum atomic E-state index is 6.32. The Bertz CT molecular complexity index is 338. The molecule has 0 aliphatic heterocycles. The Morgan fingerprint density at radius 2 is 1.14 bits per heavy atom. The molecule has 120 valence electrons. The van der Waals surface area contributed by atoms with Gasteiger partial charge in [-0.15, -0.1) is 12.8 Å².